The van der Waals surface area contributed by atoms with Gasteiger partial charge in [0.25, 0.3) is 0 Å². The Hall–Kier alpha value is -2.75. The van der Waals surface area contributed by atoms with Crippen LogP contribution < -0.4 is 0 Å². The van der Waals surface area contributed by atoms with E-state index in [0.29, 0.717) is 12.1 Å². The molecule has 1 aliphatic carbocycles. The average molecular weight is 279 g/mol. The molecule has 1 atom stereocenters. The largest absolute Gasteiger partial charge is 0.478 e. The molecule has 2 aromatic carbocycles. The molecule has 0 saturated carbocycles. The van der Waals surface area contributed by atoms with E-state index >= 15 is 0 Å². The molecule has 0 amide bonds. The standard InChI is InChI=1S/C17H13NO3/c19-16-13(9-12-3-1-2-4-15(12)16)10-18-14-7-5-11(6-8-14)17(20)21/h1-8,10,13H,9H2,(H,20,21). The quantitative estimate of drug-likeness (QED) is 0.878. The molecule has 1 unspecified atom stereocenters. The topological polar surface area (TPSA) is 66.7 Å². The summed E-state index contributed by atoms with van der Waals surface area (Å²) >= 11 is 0. The predicted molar refractivity (Wildman–Crippen MR) is 79.5 cm³/mol. The van der Waals surface area contributed by atoms with Crippen LogP contribution in [0.25, 0.3) is 0 Å². The van der Waals surface area contributed by atoms with Gasteiger partial charge in [-0.25, -0.2) is 4.79 Å². The van der Waals surface area contributed by atoms with Gasteiger partial charge in [0.05, 0.1) is 17.2 Å². The van der Waals surface area contributed by atoms with E-state index in [9.17, 15) is 9.59 Å². The number of carbonyl (C=O) groups is 2. The maximum atomic E-state index is 12.2. The van der Waals surface area contributed by atoms with Crippen molar-refractivity contribution in [2.24, 2.45) is 10.9 Å². The molecule has 0 radical (unpaired) electrons. The van der Waals surface area contributed by atoms with Crippen LogP contribution in [0.1, 0.15) is 26.3 Å². The van der Waals surface area contributed by atoms with E-state index in [2.05, 4.69) is 4.99 Å². The van der Waals surface area contributed by atoms with Gasteiger partial charge in [-0.1, -0.05) is 24.3 Å². The van der Waals surface area contributed by atoms with E-state index in [1.807, 2.05) is 24.3 Å². The lowest BCUT2D eigenvalue weighted by atomic mass is 10.1. The number of rotatable bonds is 3. The molecular weight excluding hydrogens is 266 g/mol. The van der Waals surface area contributed by atoms with Crippen LogP contribution in [-0.2, 0) is 6.42 Å². The number of carboxylic acid groups (broad SMARTS) is 1. The highest BCUT2D eigenvalue weighted by Gasteiger charge is 2.28. The number of aliphatic imine (C=N–C) groups is 1. The third-order valence-corrected chi connectivity index (χ3v) is 3.58. The molecule has 104 valence electrons. The monoisotopic (exact) mass is 279 g/mol. The first-order valence-corrected chi connectivity index (χ1v) is 6.65. The van der Waals surface area contributed by atoms with Gasteiger partial charge in [-0.2, -0.15) is 0 Å². The van der Waals surface area contributed by atoms with Crippen molar-refractivity contribution in [3.05, 3.63) is 65.2 Å². The normalized spacial score (nSPS) is 17.1. The fourth-order valence-electron chi connectivity index (χ4n) is 2.45. The van der Waals surface area contributed by atoms with Crippen molar-refractivity contribution < 1.29 is 14.7 Å². The minimum Gasteiger partial charge on any atom is -0.478 e. The molecule has 0 heterocycles. The Morgan fingerprint density at radius 1 is 1.14 bits per heavy atom. The number of fused-ring (bicyclic) bond motifs is 1. The molecule has 0 aromatic heterocycles. The van der Waals surface area contributed by atoms with E-state index in [4.69, 9.17) is 5.11 Å². The molecule has 4 heteroatoms. The molecular formula is C17H13NO3. The van der Waals surface area contributed by atoms with Gasteiger partial charge in [-0.05, 0) is 36.2 Å². The Morgan fingerprint density at radius 3 is 2.52 bits per heavy atom. The van der Waals surface area contributed by atoms with Crippen molar-refractivity contribution in [3.8, 4) is 0 Å². The van der Waals surface area contributed by atoms with Gasteiger partial charge < -0.3 is 5.11 Å². The van der Waals surface area contributed by atoms with Crippen molar-refractivity contribution in [2.45, 2.75) is 6.42 Å². The molecule has 0 aliphatic heterocycles. The first-order valence-electron chi connectivity index (χ1n) is 6.65. The lowest BCUT2D eigenvalue weighted by Gasteiger charge is -2.00. The summed E-state index contributed by atoms with van der Waals surface area (Å²) in [6.07, 6.45) is 2.32. The third-order valence-electron chi connectivity index (χ3n) is 3.58. The summed E-state index contributed by atoms with van der Waals surface area (Å²) in [6.45, 7) is 0. The number of ketones is 1. The molecule has 1 N–H and O–H groups in total. The molecule has 0 spiro atoms. The van der Waals surface area contributed by atoms with E-state index < -0.39 is 5.97 Å². The highest BCUT2D eigenvalue weighted by atomic mass is 16.4. The second-order valence-corrected chi connectivity index (χ2v) is 4.96. The fourth-order valence-corrected chi connectivity index (χ4v) is 2.45. The van der Waals surface area contributed by atoms with Crippen molar-refractivity contribution in [1.82, 2.24) is 0 Å². The average Bonchev–Trinajstić information content (AvgIpc) is 2.82. The van der Waals surface area contributed by atoms with Gasteiger partial charge in [-0.15, -0.1) is 0 Å². The van der Waals surface area contributed by atoms with Crippen molar-refractivity contribution in [1.29, 1.82) is 0 Å². The zero-order chi connectivity index (χ0) is 14.8. The second kappa shape index (κ2) is 5.32. The number of Topliss-reactive ketones (excluding diaryl/α,β-unsaturated/α-hetero) is 1. The van der Waals surface area contributed by atoms with Crippen LogP contribution in [0.15, 0.2) is 53.5 Å². The van der Waals surface area contributed by atoms with Crippen molar-refractivity contribution >= 4 is 23.7 Å². The summed E-state index contributed by atoms with van der Waals surface area (Å²) in [6, 6.07) is 13.9. The number of aromatic carboxylic acids is 1. The maximum absolute atomic E-state index is 12.2. The summed E-state index contributed by atoms with van der Waals surface area (Å²) in [5, 5.41) is 8.83. The SMILES string of the molecule is O=C(O)c1ccc(N=CC2Cc3ccccc3C2=O)cc1. The summed E-state index contributed by atoms with van der Waals surface area (Å²) in [5.74, 6) is -1.11. The Labute approximate surface area is 121 Å². The number of benzene rings is 2. The van der Waals surface area contributed by atoms with Gasteiger partial charge in [-0.3, -0.25) is 9.79 Å². The molecule has 0 saturated heterocycles. The minimum atomic E-state index is -0.966. The highest BCUT2D eigenvalue weighted by molar-refractivity contribution is 6.10. The fraction of sp³-hybridized carbons (Fsp3) is 0.118. The Balaban J connectivity index is 1.76. The van der Waals surface area contributed by atoms with Gasteiger partial charge in [0.2, 0.25) is 0 Å². The minimum absolute atomic E-state index is 0.0940. The van der Waals surface area contributed by atoms with Crippen LogP contribution in [0.2, 0.25) is 0 Å². The van der Waals surface area contributed by atoms with Crippen LogP contribution in [0, 0.1) is 5.92 Å². The molecule has 4 nitrogen and oxygen atoms in total. The van der Waals surface area contributed by atoms with Crippen LogP contribution >= 0.6 is 0 Å². The van der Waals surface area contributed by atoms with Crippen molar-refractivity contribution in [3.63, 3.8) is 0 Å². The maximum Gasteiger partial charge on any atom is 0.335 e. The van der Waals surface area contributed by atoms with Crippen LogP contribution in [0.4, 0.5) is 5.69 Å². The predicted octanol–water partition coefficient (Wildman–Crippen LogP) is 3.14. The Bertz CT molecular complexity index is 732. The van der Waals surface area contributed by atoms with E-state index in [1.54, 1.807) is 18.3 Å². The first-order chi connectivity index (χ1) is 10.1. The zero-order valence-corrected chi connectivity index (χ0v) is 11.2. The molecule has 2 aromatic rings. The molecule has 0 fully saturated rings. The van der Waals surface area contributed by atoms with Crippen LogP contribution in [-0.4, -0.2) is 23.1 Å². The van der Waals surface area contributed by atoms with Crippen molar-refractivity contribution in [2.75, 3.05) is 0 Å². The number of carbonyl (C=O) groups excluding carboxylic acids is 1. The molecule has 3 rings (SSSR count). The Morgan fingerprint density at radius 2 is 1.86 bits per heavy atom. The smallest absolute Gasteiger partial charge is 0.335 e. The summed E-state index contributed by atoms with van der Waals surface area (Å²) in [7, 11) is 0. The number of nitrogens with zero attached hydrogens (tertiary/aromatic N) is 1. The van der Waals surface area contributed by atoms with Crippen LogP contribution in [0.5, 0.6) is 0 Å². The number of carboxylic acids is 1. The van der Waals surface area contributed by atoms with Gasteiger partial charge >= 0.3 is 5.97 Å². The molecule has 21 heavy (non-hydrogen) atoms. The van der Waals surface area contributed by atoms with Gasteiger partial charge in [0.1, 0.15) is 0 Å². The zero-order valence-electron chi connectivity index (χ0n) is 11.2. The van der Waals surface area contributed by atoms with E-state index in [-0.39, 0.29) is 17.3 Å². The number of hydrogen-bond acceptors (Lipinski definition) is 3. The Kier molecular flexibility index (Phi) is 3.36. The van der Waals surface area contributed by atoms with Gasteiger partial charge in [0, 0.05) is 11.8 Å². The van der Waals surface area contributed by atoms with E-state index in [1.165, 1.54) is 12.1 Å². The highest BCUT2D eigenvalue weighted by Crippen LogP contribution is 2.26. The lowest BCUT2D eigenvalue weighted by Crippen LogP contribution is -2.09. The first kappa shape index (κ1) is 13.2. The lowest BCUT2D eigenvalue weighted by molar-refractivity contribution is 0.0696. The summed E-state index contributed by atoms with van der Waals surface area (Å²) in [4.78, 5) is 27.2. The van der Waals surface area contributed by atoms with Gasteiger partial charge in [0.15, 0.2) is 5.78 Å². The molecule has 1 aliphatic rings. The molecule has 0 bridgehead atoms. The third kappa shape index (κ3) is 2.60. The summed E-state index contributed by atoms with van der Waals surface area (Å²) in [5.41, 5.74) is 2.69. The number of hydrogen-bond donors (Lipinski definition) is 1. The second-order valence-electron chi connectivity index (χ2n) is 4.96. The van der Waals surface area contributed by atoms with E-state index in [0.717, 1.165) is 11.1 Å². The summed E-state index contributed by atoms with van der Waals surface area (Å²) < 4.78 is 0. The van der Waals surface area contributed by atoms with Crippen LogP contribution in [0.3, 0.4) is 0 Å².